The highest BCUT2D eigenvalue weighted by atomic mass is 32.2. The molecule has 1 saturated heterocycles. The summed E-state index contributed by atoms with van der Waals surface area (Å²) < 4.78 is 10.4. The van der Waals surface area contributed by atoms with Crippen LogP contribution in [0.3, 0.4) is 0 Å². The van der Waals surface area contributed by atoms with Gasteiger partial charge in [0.15, 0.2) is 5.17 Å². The maximum absolute atomic E-state index is 13.4. The molecule has 0 unspecified atom stereocenters. The molecule has 2 atom stereocenters. The van der Waals surface area contributed by atoms with Gasteiger partial charge >= 0.3 is 11.9 Å². The smallest absolute Gasteiger partial charge is 0.338 e. The molecule has 0 spiro atoms. The van der Waals surface area contributed by atoms with E-state index in [1.165, 1.54) is 18.9 Å². The van der Waals surface area contributed by atoms with Gasteiger partial charge < -0.3 is 19.3 Å². The number of aliphatic imine (C=N–C) groups is 1. The summed E-state index contributed by atoms with van der Waals surface area (Å²) >= 11 is 1.46. The number of rotatable bonds is 7. The average Bonchev–Trinajstić information content (AvgIpc) is 3.29. The first-order valence-corrected chi connectivity index (χ1v) is 13.3. The Morgan fingerprint density at radius 2 is 1.97 bits per heavy atom. The largest absolute Gasteiger partial charge is 0.466 e. The highest BCUT2D eigenvalue weighted by Crippen LogP contribution is 2.46. The molecule has 3 heterocycles. The molecule has 0 aromatic heterocycles. The third kappa shape index (κ3) is 5.07. The fourth-order valence-corrected chi connectivity index (χ4v) is 5.96. The molecule has 0 radical (unpaired) electrons. The number of fused-ring (bicyclic) bond motifs is 1. The van der Waals surface area contributed by atoms with Crippen LogP contribution >= 0.6 is 11.8 Å². The van der Waals surface area contributed by atoms with Gasteiger partial charge in [0, 0.05) is 18.8 Å². The van der Waals surface area contributed by atoms with Crippen LogP contribution < -0.4 is 0 Å². The number of hydrogen-bond acceptors (Lipinski definition) is 8. The zero-order chi connectivity index (χ0) is 25.8. The zero-order valence-electron chi connectivity index (χ0n) is 21.3. The van der Waals surface area contributed by atoms with Crippen molar-refractivity contribution in [1.29, 1.82) is 0 Å². The molecular weight excluding hydrogens is 478 g/mol. The van der Waals surface area contributed by atoms with Crippen molar-refractivity contribution in [1.82, 2.24) is 9.80 Å². The van der Waals surface area contributed by atoms with Crippen molar-refractivity contribution in [3.8, 4) is 0 Å². The Balaban J connectivity index is 1.63. The lowest BCUT2D eigenvalue weighted by Gasteiger charge is -2.38. The Morgan fingerprint density at radius 1 is 1.19 bits per heavy atom. The van der Waals surface area contributed by atoms with Crippen molar-refractivity contribution in [2.45, 2.75) is 52.5 Å². The van der Waals surface area contributed by atoms with E-state index in [1.807, 2.05) is 48.4 Å². The molecule has 36 heavy (non-hydrogen) atoms. The Kier molecular flexibility index (Phi) is 8.18. The van der Waals surface area contributed by atoms with Crippen LogP contribution in [0.15, 0.2) is 51.6 Å². The molecule has 4 rings (SSSR count). The third-order valence-electron chi connectivity index (χ3n) is 6.84. The highest BCUT2D eigenvalue weighted by molar-refractivity contribution is 8.16. The normalized spacial score (nSPS) is 21.6. The number of likely N-dealkylation sites (tertiary alicyclic amines) is 1. The maximum atomic E-state index is 13.4. The van der Waals surface area contributed by atoms with E-state index in [4.69, 9.17) is 14.5 Å². The number of aryl methyl sites for hydroxylation is 1. The van der Waals surface area contributed by atoms with Gasteiger partial charge in [0.1, 0.15) is 0 Å². The minimum absolute atomic E-state index is 0.0504. The third-order valence-corrected chi connectivity index (χ3v) is 7.73. The van der Waals surface area contributed by atoms with Crippen LogP contribution in [-0.2, 0) is 23.9 Å². The number of allylic oxidation sites excluding steroid dienone is 1. The summed E-state index contributed by atoms with van der Waals surface area (Å²) in [5.41, 5.74) is 3.99. The van der Waals surface area contributed by atoms with E-state index in [1.54, 1.807) is 11.8 Å². The van der Waals surface area contributed by atoms with Crippen LogP contribution in [0.1, 0.15) is 56.7 Å². The van der Waals surface area contributed by atoms with Gasteiger partial charge in [0.25, 0.3) is 0 Å². The van der Waals surface area contributed by atoms with Gasteiger partial charge in [-0.15, -0.1) is 0 Å². The van der Waals surface area contributed by atoms with Gasteiger partial charge in [-0.25, -0.2) is 9.79 Å². The summed E-state index contributed by atoms with van der Waals surface area (Å²) in [7, 11) is 1.38. The molecule has 0 N–H and O–H groups in total. The van der Waals surface area contributed by atoms with E-state index in [0.717, 1.165) is 34.8 Å². The average molecular weight is 512 g/mol. The lowest BCUT2D eigenvalue weighted by Crippen LogP contribution is -2.44. The summed E-state index contributed by atoms with van der Waals surface area (Å²) in [6.45, 7) is 7.10. The molecule has 1 aromatic carbocycles. The van der Waals surface area contributed by atoms with Crippen LogP contribution in [0.2, 0.25) is 0 Å². The van der Waals surface area contributed by atoms with Gasteiger partial charge in [0.05, 0.1) is 43.4 Å². The Hall–Kier alpha value is -3.07. The summed E-state index contributed by atoms with van der Waals surface area (Å²) in [4.78, 5) is 47.3. The van der Waals surface area contributed by atoms with Gasteiger partial charge in [0.2, 0.25) is 5.91 Å². The SMILES string of the molecule is CCOC(=O)[C@H]1CCCN(C(=O)CC2=CSC3=NC(CC)=C(C(=O)OC)[C@H](c4ccccc4C)N23)C1. The van der Waals surface area contributed by atoms with Crippen molar-refractivity contribution in [3.63, 3.8) is 0 Å². The first kappa shape index (κ1) is 26.0. The predicted octanol–water partition coefficient (Wildman–Crippen LogP) is 4.32. The summed E-state index contributed by atoms with van der Waals surface area (Å²) in [5.74, 6) is -0.998. The highest BCUT2D eigenvalue weighted by Gasteiger charge is 2.42. The second kappa shape index (κ2) is 11.3. The molecule has 3 aliphatic rings. The molecular formula is C27H33N3O5S. The Labute approximate surface area is 216 Å². The number of ether oxygens (including phenoxy) is 2. The van der Waals surface area contributed by atoms with Crippen LogP contribution in [-0.4, -0.2) is 59.6 Å². The Bertz CT molecular complexity index is 1140. The van der Waals surface area contributed by atoms with Crippen molar-refractivity contribution in [2.75, 3.05) is 26.8 Å². The molecule has 3 aliphatic heterocycles. The molecule has 9 heteroatoms. The molecule has 0 bridgehead atoms. The van der Waals surface area contributed by atoms with Crippen LogP contribution in [0.5, 0.6) is 0 Å². The maximum Gasteiger partial charge on any atom is 0.338 e. The van der Waals surface area contributed by atoms with E-state index in [0.29, 0.717) is 37.4 Å². The minimum atomic E-state index is -0.441. The van der Waals surface area contributed by atoms with E-state index in [9.17, 15) is 14.4 Å². The van der Waals surface area contributed by atoms with E-state index < -0.39 is 12.0 Å². The first-order valence-electron chi connectivity index (χ1n) is 12.4. The van der Waals surface area contributed by atoms with E-state index in [2.05, 4.69) is 0 Å². The molecule has 8 nitrogen and oxygen atoms in total. The van der Waals surface area contributed by atoms with Crippen LogP contribution in [0, 0.1) is 12.8 Å². The fraction of sp³-hybridized carbons (Fsp3) is 0.481. The minimum Gasteiger partial charge on any atom is -0.466 e. The quantitative estimate of drug-likeness (QED) is 0.504. The van der Waals surface area contributed by atoms with Gasteiger partial charge in [-0.2, -0.15) is 0 Å². The molecule has 0 saturated carbocycles. The number of amides is 1. The number of amidine groups is 1. The molecule has 0 aliphatic carbocycles. The van der Waals surface area contributed by atoms with Crippen LogP contribution in [0.25, 0.3) is 0 Å². The second-order valence-corrected chi connectivity index (χ2v) is 9.90. The van der Waals surface area contributed by atoms with E-state index in [-0.39, 0.29) is 24.2 Å². The molecule has 1 aromatic rings. The monoisotopic (exact) mass is 511 g/mol. The van der Waals surface area contributed by atoms with Crippen LogP contribution in [0.4, 0.5) is 0 Å². The number of piperidine rings is 1. The second-order valence-electron chi connectivity index (χ2n) is 9.06. The zero-order valence-corrected chi connectivity index (χ0v) is 22.1. The Morgan fingerprint density at radius 3 is 2.67 bits per heavy atom. The number of carbonyl (C=O) groups excluding carboxylic acids is 3. The number of methoxy groups -OCH3 is 1. The number of thioether (sulfide) groups is 1. The lowest BCUT2D eigenvalue weighted by atomic mass is 9.90. The summed E-state index contributed by atoms with van der Waals surface area (Å²) in [6, 6.07) is 7.51. The van der Waals surface area contributed by atoms with Gasteiger partial charge in [-0.1, -0.05) is 43.0 Å². The summed E-state index contributed by atoms with van der Waals surface area (Å²) in [6.07, 6.45) is 2.23. The van der Waals surface area contributed by atoms with Gasteiger partial charge in [-0.3, -0.25) is 9.59 Å². The number of nitrogens with zero attached hydrogens (tertiary/aromatic N) is 3. The number of benzene rings is 1. The van der Waals surface area contributed by atoms with Crippen molar-refractivity contribution >= 4 is 34.8 Å². The van der Waals surface area contributed by atoms with Crippen molar-refractivity contribution in [2.24, 2.45) is 10.9 Å². The predicted molar refractivity (Wildman–Crippen MR) is 139 cm³/mol. The number of carbonyl (C=O) groups is 3. The fourth-order valence-electron chi connectivity index (χ4n) is 5.02. The first-order chi connectivity index (χ1) is 17.4. The molecule has 192 valence electrons. The van der Waals surface area contributed by atoms with E-state index >= 15 is 0 Å². The lowest BCUT2D eigenvalue weighted by molar-refractivity contribution is -0.151. The molecule has 1 amide bonds. The standard InChI is InChI=1S/C27H33N3O5S/c1-5-21-23(26(33)34-4)24(20-12-8-7-10-17(20)3)30-19(16-36-27(30)28-21)14-22(31)29-13-9-11-18(15-29)25(32)35-6-2/h7-8,10,12,16,18,24H,5-6,9,11,13-15H2,1-4H3/t18-,24-/m0/s1. The number of esters is 2. The van der Waals surface area contributed by atoms with Gasteiger partial charge in [-0.05, 0) is 49.6 Å². The molecule has 1 fully saturated rings. The van der Waals surface area contributed by atoms with Crippen molar-refractivity contribution < 1.29 is 23.9 Å². The van der Waals surface area contributed by atoms with Crippen molar-refractivity contribution in [3.05, 3.63) is 57.8 Å². The number of hydrogen-bond donors (Lipinski definition) is 0. The summed E-state index contributed by atoms with van der Waals surface area (Å²) in [5, 5.41) is 2.70. The topological polar surface area (TPSA) is 88.5 Å².